The number of hydrogen-bond acceptors (Lipinski definition) is 4. The summed E-state index contributed by atoms with van der Waals surface area (Å²) < 4.78 is 0. The maximum Gasteiger partial charge on any atom is 0.158 e. The minimum Gasteiger partial charge on any atom is -0.396 e. The van der Waals surface area contributed by atoms with Gasteiger partial charge >= 0.3 is 0 Å². The smallest absolute Gasteiger partial charge is 0.158 e. The number of aliphatic hydroxyl groups is 2. The maximum atomic E-state index is 9.08. The van der Waals surface area contributed by atoms with Gasteiger partial charge in [-0.15, -0.1) is 0 Å². The predicted molar refractivity (Wildman–Crippen MR) is 40.3 cm³/mol. The molecule has 2 N–H and O–H groups in total. The molecule has 0 aromatic rings. The fourth-order valence-electron chi connectivity index (χ4n) is 0.984. The Kier molecular flexibility index (Phi) is 2.84. The molecular weight excluding hydrogens is 146 g/mol. The zero-order valence-electron chi connectivity index (χ0n) is 6.53. The van der Waals surface area contributed by atoms with E-state index in [1.54, 1.807) is 6.92 Å². The minimum absolute atomic E-state index is 0.0920. The second-order valence-electron chi connectivity index (χ2n) is 2.72. The Labute approximate surface area is 65.5 Å². The van der Waals surface area contributed by atoms with Crippen LogP contribution < -0.4 is 0 Å². The molecule has 0 fully saturated rings. The Hall–Kier alpha value is -0.610. The quantitative estimate of drug-likeness (QED) is 0.604. The van der Waals surface area contributed by atoms with Gasteiger partial charge in [-0.1, -0.05) is 5.16 Å². The minimum atomic E-state index is -0.491. The zero-order valence-corrected chi connectivity index (χ0v) is 6.53. The Bertz CT molecular complexity index is 156. The molecule has 0 spiro atoms. The topological polar surface area (TPSA) is 62.0 Å². The predicted octanol–water partition coefficient (Wildman–Crippen LogP) is -0.106. The number of aliphatic hydroxyl groups excluding tert-OH is 2. The SMILES string of the molecule is C[C@H](O)[C@@H]1CC(CCO)=NO1. The molecule has 0 saturated carbocycles. The first-order chi connectivity index (χ1) is 5.24. The number of nitrogens with zero attached hydrogens (tertiary/aromatic N) is 1. The summed E-state index contributed by atoms with van der Waals surface area (Å²) in [6.07, 6.45) is 0.480. The maximum absolute atomic E-state index is 9.08. The highest BCUT2D eigenvalue weighted by Gasteiger charge is 2.24. The standard InChI is InChI=1S/C7H13NO3/c1-5(10)7-4-6(2-3-9)8-11-7/h5,7,9-10H,2-4H2,1H3/t5-,7-/m0/s1. The molecule has 1 aliphatic heterocycles. The van der Waals surface area contributed by atoms with Gasteiger partial charge in [-0.25, -0.2) is 0 Å². The molecule has 2 atom stereocenters. The summed E-state index contributed by atoms with van der Waals surface area (Å²) in [5.41, 5.74) is 0.832. The lowest BCUT2D eigenvalue weighted by molar-refractivity contribution is -0.00780. The number of hydrogen-bond donors (Lipinski definition) is 2. The first-order valence-electron chi connectivity index (χ1n) is 3.74. The summed E-state index contributed by atoms with van der Waals surface area (Å²) >= 11 is 0. The summed E-state index contributed by atoms with van der Waals surface area (Å²) in [6, 6.07) is 0. The van der Waals surface area contributed by atoms with Crippen LogP contribution in [-0.2, 0) is 4.84 Å². The van der Waals surface area contributed by atoms with Crippen molar-refractivity contribution >= 4 is 5.71 Å². The molecule has 0 saturated heterocycles. The third-order valence-corrected chi connectivity index (χ3v) is 1.69. The van der Waals surface area contributed by atoms with E-state index in [1.807, 2.05) is 0 Å². The molecule has 0 aliphatic carbocycles. The van der Waals surface area contributed by atoms with E-state index in [2.05, 4.69) is 5.16 Å². The normalized spacial score (nSPS) is 26.1. The molecule has 11 heavy (non-hydrogen) atoms. The van der Waals surface area contributed by atoms with Crippen molar-refractivity contribution in [3.8, 4) is 0 Å². The van der Waals surface area contributed by atoms with Crippen LogP contribution in [0.15, 0.2) is 5.16 Å². The average Bonchev–Trinajstić information content (AvgIpc) is 2.37. The summed E-state index contributed by atoms with van der Waals surface area (Å²) in [4.78, 5) is 4.91. The largest absolute Gasteiger partial charge is 0.396 e. The molecule has 1 rings (SSSR count). The van der Waals surface area contributed by atoms with Crippen molar-refractivity contribution in [2.75, 3.05) is 6.61 Å². The molecule has 0 amide bonds. The lowest BCUT2D eigenvalue weighted by Crippen LogP contribution is -2.22. The van der Waals surface area contributed by atoms with Crippen molar-refractivity contribution in [2.45, 2.75) is 32.0 Å². The van der Waals surface area contributed by atoms with Gasteiger partial charge < -0.3 is 15.1 Å². The van der Waals surface area contributed by atoms with E-state index < -0.39 is 6.10 Å². The first kappa shape index (κ1) is 8.49. The van der Waals surface area contributed by atoms with E-state index in [-0.39, 0.29) is 12.7 Å². The van der Waals surface area contributed by atoms with Crippen LogP contribution in [0.2, 0.25) is 0 Å². The van der Waals surface area contributed by atoms with Crippen molar-refractivity contribution in [3.63, 3.8) is 0 Å². The Morgan fingerprint density at radius 3 is 3.00 bits per heavy atom. The van der Waals surface area contributed by atoms with Crippen LogP contribution in [0.1, 0.15) is 19.8 Å². The van der Waals surface area contributed by atoms with Gasteiger partial charge in [0.05, 0.1) is 11.8 Å². The lowest BCUT2D eigenvalue weighted by atomic mass is 10.1. The molecule has 0 aromatic carbocycles. The van der Waals surface area contributed by atoms with Gasteiger partial charge in [-0.3, -0.25) is 0 Å². The molecule has 4 heteroatoms. The van der Waals surface area contributed by atoms with E-state index in [1.165, 1.54) is 0 Å². The van der Waals surface area contributed by atoms with Gasteiger partial charge in [-0.2, -0.15) is 0 Å². The molecule has 0 bridgehead atoms. The van der Waals surface area contributed by atoms with Gasteiger partial charge in [0.15, 0.2) is 6.10 Å². The molecule has 4 nitrogen and oxygen atoms in total. The van der Waals surface area contributed by atoms with Crippen LogP contribution in [0.4, 0.5) is 0 Å². The molecular formula is C7H13NO3. The van der Waals surface area contributed by atoms with Crippen molar-refractivity contribution in [3.05, 3.63) is 0 Å². The van der Waals surface area contributed by atoms with Crippen molar-refractivity contribution < 1.29 is 15.1 Å². The van der Waals surface area contributed by atoms with Gasteiger partial charge in [-0.05, 0) is 6.92 Å². The van der Waals surface area contributed by atoms with Crippen LogP contribution in [0.3, 0.4) is 0 Å². The van der Waals surface area contributed by atoms with E-state index >= 15 is 0 Å². The van der Waals surface area contributed by atoms with E-state index in [0.29, 0.717) is 12.8 Å². The van der Waals surface area contributed by atoms with Crippen LogP contribution >= 0.6 is 0 Å². The highest BCUT2D eigenvalue weighted by molar-refractivity contribution is 5.85. The van der Waals surface area contributed by atoms with Crippen LogP contribution in [-0.4, -0.2) is 34.7 Å². The van der Waals surface area contributed by atoms with Gasteiger partial charge in [0.25, 0.3) is 0 Å². The van der Waals surface area contributed by atoms with Crippen LogP contribution in [0.25, 0.3) is 0 Å². The molecule has 0 radical (unpaired) electrons. The average molecular weight is 159 g/mol. The Morgan fingerprint density at radius 1 is 1.82 bits per heavy atom. The van der Waals surface area contributed by atoms with Crippen LogP contribution in [0.5, 0.6) is 0 Å². The second kappa shape index (κ2) is 3.69. The van der Waals surface area contributed by atoms with E-state index in [4.69, 9.17) is 15.1 Å². The molecule has 0 unspecified atom stereocenters. The highest BCUT2D eigenvalue weighted by Crippen LogP contribution is 2.15. The summed E-state index contributed by atoms with van der Waals surface area (Å²) in [6.45, 7) is 1.76. The van der Waals surface area contributed by atoms with E-state index in [0.717, 1.165) is 5.71 Å². The monoisotopic (exact) mass is 159 g/mol. The second-order valence-corrected chi connectivity index (χ2v) is 2.72. The van der Waals surface area contributed by atoms with E-state index in [9.17, 15) is 0 Å². The molecule has 64 valence electrons. The molecule has 1 aliphatic rings. The lowest BCUT2D eigenvalue weighted by Gasteiger charge is -2.09. The molecule has 0 aromatic heterocycles. The Morgan fingerprint density at radius 2 is 2.55 bits per heavy atom. The van der Waals surface area contributed by atoms with Crippen LogP contribution in [0, 0.1) is 0 Å². The van der Waals surface area contributed by atoms with Crippen molar-refractivity contribution in [2.24, 2.45) is 5.16 Å². The van der Waals surface area contributed by atoms with Crippen molar-refractivity contribution in [1.82, 2.24) is 0 Å². The van der Waals surface area contributed by atoms with Gasteiger partial charge in [0.2, 0.25) is 0 Å². The summed E-state index contributed by atoms with van der Waals surface area (Å²) in [5, 5.41) is 21.4. The zero-order chi connectivity index (χ0) is 8.27. The van der Waals surface area contributed by atoms with Crippen molar-refractivity contribution in [1.29, 1.82) is 0 Å². The first-order valence-corrected chi connectivity index (χ1v) is 3.74. The highest BCUT2D eigenvalue weighted by atomic mass is 16.6. The third kappa shape index (κ3) is 2.17. The fourth-order valence-corrected chi connectivity index (χ4v) is 0.984. The summed E-state index contributed by atoms with van der Waals surface area (Å²) in [5.74, 6) is 0. The fraction of sp³-hybridized carbons (Fsp3) is 0.857. The van der Waals surface area contributed by atoms with Gasteiger partial charge in [0.1, 0.15) is 0 Å². The third-order valence-electron chi connectivity index (χ3n) is 1.69. The molecule has 1 heterocycles. The van der Waals surface area contributed by atoms with Gasteiger partial charge in [0, 0.05) is 19.4 Å². The summed E-state index contributed by atoms with van der Waals surface area (Å²) in [7, 11) is 0. The number of rotatable bonds is 3. The Balaban J connectivity index is 2.31. The number of oxime groups is 1.